The third kappa shape index (κ3) is 4.67. The molecule has 0 aliphatic carbocycles. The van der Waals surface area contributed by atoms with Crippen LogP contribution < -0.4 is 10.0 Å². The van der Waals surface area contributed by atoms with Crippen LogP contribution in [0.4, 0.5) is 4.39 Å². The van der Waals surface area contributed by atoms with Crippen LogP contribution >= 0.6 is 0 Å². The Morgan fingerprint density at radius 1 is 1.12 bits per heavy atom. The van der Waals surface area contributed by atoms with Crippen molar-refractivity contribution in [2.45, 2.75) is 37.8 Å². The lowest BCUT2D eigenvalue weighted by atomic mass is 10.0. The molecule has 0 fully saturated rings. The minimum Gasteiger partial charge on any atom is -0.467 e. The zero-order valence-corrected chi connectivity index (χ0v) is 15.0. The summed E-state index contributed by atoms with van der Waals surface area (Å²) < 4.78 is 46.2. The molecule has 0 bridgehead atoms. The van der Waals surface area contributed by atoms with E-state index in [1.54, 1.807) is 32.9 Å². The molecule has 8 heteroatoms. The van der Waals surface area contributed by atoms with E-state index < -0.39 is 38.7 Å². The van der Waals surface area contributed by atoms with Gasteiger partial charge in [0.1, 0.15) is 22.5 Å². The van der Waals surface area contributed by atoms with Gasteiger partial charge < -0.3 is 9.73 Å². The third-order valence-corrected chi connectivity index (χ3v) is 5.16. The molecule has 2 unspecified atom stereocenters. The maximum absolute atomic E-state index is 13.8. The SMILES string of the molecule is CC(NC(=O)C(NS(=O)(=O)c1ccccc1F)C(C)C)c1ccco1. The maximum Gasteiger partial charge on any atom is 0.244 e. The summed E-state index contributed by atoms with van der Waals surface area (Å²) in [6, 6.07) is 6.94. The van der Waals surface area contributed by atoms with Crippen LogP contribution in [0.2, 0.25) is 0 Å². The van der Waals surface area contributed by atoms with Gasteiger partial charge in [-0.25, -0.2) is 12.8 Å². The number of carbonyl (C=O) groups excluding carboxylic acids is 1. The first kappa shape index (κ1) is 19.1. The zero-order valence-electron chi connectivity index (χ0n) is 14.2. The molecule has 136 valence electrons. The lowest BCUT2D eigenvalue weighted by Crippen LogP contribution is -2.50. The highest BCUT2D eigenvalue weighted by molar-refractivity contribution is 7.89. The van der Waals surface area contributed by atoms with Crippen molar-refractivity contribution in [2.24, 2.45) is 5.92 Å². The number of halogens is 1. The highest BCUT2D eigenvalue weighted by atomic mass is 32.2. The summed E-state index contributed by atoms with van der Waals surface area (Å²) in [5.41, 5.74) is 0. The fraction of sp³-hybridized carbons (Fsp3) is 0.353. The Bertz CT molecular complexity index is 819. The molecule has 1 aromatic heterocycles. The van der Waals surface area contributed by atoms with Crippen molar-refractivity contribution < 1.29 is 22.0 Å². The molecule has 2 N–H and O–H groups in total. The second kappa shape index (κ2) is 7.79. The van der Waals surface area contributed by atoms with E-state index in [-0.39, 0.29) is 5.92 Å². The van der Waals surface area contributed by atoms with Crippen molar-refractivity contribution in [3.8, 4) is 0 Å². The molecule has 0 saturated carbocycles. The van der Waals surface area contributed by atoms with Gasteiger partial charge in [-0.05, 0) is 37.1 Å². The van der Waals surface area contributed by atoms with Gasteiger partial charge in [0.15, 0.2) is 0 Å². The fourth-order valence-corrected chi connectivity index (χ4v) is 3.72. The second-order valence-electron chi connectivity index (χ2n) is 6.02. The quantitative estimate of drug-likeness (QED) is 0.786. The monoisotopic (exact) mass is 368 g/mol. The predicted molar refractivity (Wildman–Crippen MR) is 90.6 cm³/mol. The van der Waals surface area contributed by atoms with Crippen molar-refractivity contribution >= 4 is 15.9 Å². The van der Waals surface area contributed by atoms with Crippen LogP contribution in [0.5, 0.6) is 0 Å². The van der Waals surface area contributed by atoms with Crippen LogP contribution in [0.3, 0.4) is 0 Å². The topological polar surface area (TPSA) is 88.4 Å². The largest absolute Gasteiger partial charge is 0.467 e. The number of sulfonamides is 1. The molecule has 1 amide bonds. The predicted octanol–water partition coefficient (Wildman–Crippen LogP) is 2.60. The number of furan rings is 1. The summed E-state index contributed by atoms with van der Waals surface area (Å²) in [7, 11) is -4.18. The smallest absolute Gasteiger partial charge is 0.244 e. The Morgan fingerprint density at radius 3 is 2.36 bits per heavy atom. The number of hydrogen-bond donors (Lipinski definition) is 2. The Kier molecular flexibility index (Phi) is 5.97. The van der Waals surface area contributed by atoms with E-state index in [1.165, 1.54) is 18.4 Å². The van der Waals surface area contributed by atoms with Gasteiger partial charge in [0.25, 0.3) is 0 Å². The number of amides is 1. The van der Waals surface area contributed by atoms with Crippen molar-refractivity contribution in [1.29, 1.82) is 0 Å². The molecule has 25 heavy (non-hydrogen) atoms. The van der Waals surface area contributed by atoms with Gasteiger partial charge in [0.05, 0.1) is 12.3 Å². The number of benzene rings is 1. The second-order valence-corrected chi connectivity index (χ2v) is 7.70. The van der Waals surface area contributed by atoms with Crippen molar-refractivity contribution in [3.63, 3.8) is 0 Å². The molecule has 2 atom stereocenters. The van der Waals surface area contributed by atoms with Crippen LogP contribution in [0.15, 0.2) is 52.0 Å². The number of rotatable bonds is 7. The van der Waals surface area contributed by atoms with Gasteiger partial charge in [-0.2, -0.15) is 4.72 Å². The van der Waals surface area contributed by atoms with E-state index >= 15 is 0 Å². The first-order valence-electron chi connectivity index (χ1n) is 7.83. The molecule has 1 aromatic carbocycles. The molecule has 2 aromatic rings. The molecular formula is C17H21FN2O4S. The molecular weight excluding hydrogens is 347 g/mol. The summed E-state index contributed by atoms with van der Waals surface area (Å²) in [6.07, 6.45) is 1.48. The Labute approximate surface area is 146 Å². The molecule has 0 saturated heterocycles. The number of carbonyl (C=O) groups is 1. The fourth-order valence-electron chi connectivity index (χ4n) is 2.30. The van der Waals surface area contributed by atoms with Gasteiger partial charge in [-0.1, -0.05) is 26.0 Å². The lowest BCUT2D eigenvalue weighted by Gasteiger charge is -2.23. The van der Waals surface area contributed by atoms with Gasteiger partial charge in [0, 0.05) is 0 Å². The van der Waals surface area contributed by atoms with E-state index in [2.05, 4.69) is 10.0 Å². The summed E-state index contributed by atoms with van der Waals surface area (Å²) in [5.74, 6) is -1.18. The number of hydrogen-bond acceptors (Lipinski definition) is 4. The molecule has 0 spiro atoms. The van der Waals surface area contributed by atoms with Gasteiger partial charge in [-0.3, -0.25) is 4.79 Å². The standard InChI is InChI=1S/C17H21FN2O4S/c1-11(2)16(17(21)19-12(3)14-8-6-10-24-14)20-25(22,23)15-9-5-4-7-13(15)18/h4-12,16,20H,1-3H3,(H,19,21). The Hall–Kier alpha value is -2.19. The van der Waals surface area contributed by atoms with Crippen molar-refractivity contribution in [2.75, 3.05) is 0 Å². The molecule has 0 aliphatic rings. The average molecular weight is 368 g/mol. The number of nitrogens with one attached hydrogen (secondary N) is 2. The molecule has 0 aliphatic heterocycles. The van der Waals surface area contributed by atoms with E-state index in [4.69, 9.17) is 4.42 Å². The van der Waals surface area contributed by atoms with Gasteiger partial charge in [0.2, 0.25) is 15.9 Å². The average Bonchev–Trinajstić information content (AvgIpc) is 3.07. The van der Waals surface area contributed by atoms with Crippen molar-refractivity contribution in [1.82, 2.24) is 10.0 Å². The highest BCUT2D eigenvalue weighted by Gasteiger charge is 2.30. The maximum atomic E-state index is 13.8. The van der Waals surface area contributed by atoms with E-state index in [0.717, 1.165) is 12.1 Å². The molecule has 6 nitrogen and oxygen atoms in total. The summed E-state index contributed by atoms with van der Waals surface area (Å²) in [4.78, 5) is 12.0. The van der Waals surface area contributed by atoms with Gasteiger partial charge >= 0.3 is 0 Å². The highest BCUT2D eigenvalue weighted by Crippen LogP contribution is 2.17. The van der Waals surface area contributed by atoms with E-state index in [1.807, 2.05) is 0 Å². The van der Waals surface area contributed by atoms with Crippen LogP contribution in [-0.2, 0) is 14.8 Å². The van der Waals surface area contributed by atoms with Crippen molar-refractivity contribution in [3.05, 3.63) is 54.2 Å². The van der Waals surface area contributed by atoms with Crippen LogP contribution in [0.1, 0.15) is 32.6 Å². The lowest BCUT2D eigenvalue weighted by molar-refractivity contribution is -0.124. The minimum atomic E-state index is -4.18. The van der Waals surface area contributed by atoms with Gasteiger partial charge in [-0.15, -0.1) is 0 Å². The molecule has 2 rings (SSSR count). The molecule has 1 heterocycles. The summed E-state index contributed by atoms with van der Waals surface area (Å²) in [5, 5.41) is 2.70. The third-order valence-electron chi connectivity index (χ3n) is 3.69. The first-order valence-corrected chi connectivity index (χ1v) is 9.31. The Balaban J connectivity index is 2.18. The Morgan fingerprint density at radius 2 is 1.80 bits per heavy atom. The summed E-state index contributed by atoms with van der Waals surface area (Å²) in [6.45, 7) is 5.12. The first-order chi connectivity index (χ1) is 11.7. The van der Waals surface area contributed by atoms with E-state index in [9.17, 15) is 17.6 Å². The minimum absolute atomic E-state index is 0.342. The zero-order chi connectivity index (χ0) is 18.6. The molecule has 0 radical (unpaired) electrons. The van der Waals surface area contributed by atoms with Crippen LogP contribution in [-0.4, -0.2) is 20.4 Å². The summed E-state index contributed by atoms with van der Waals surface area (Å²) >= 11 is 0. The van der Waals surface area contributed by atoms with Crippen LogP contribution in [0, 0.1) is 11.7 Å². The van der Waals surface area contributed by atoms with Crippen LogP contribution in [0.25, 0.3) is 0 Å². The normalized spacial score (nSPS) is 14.3. The van der Waals surface area contributed by atoms with E-state index in [0.29, 0.717) is 5.76 Å².